The van der Waals surface area contributed by atoms with Crippen molar-refractivity contribution in [3.05, 3.63) is 22.2 Å². The SMILES string of the molecule is CC(Nc1cc(=O)[nH]c(C2CC2)n1)C1CCOC1. The Hall–Kier alpha value is -1.36. The molecule has 5 heteroatoms. The minimum absolute atomic E-state index is 0.0655. The quantitative estimate of drug-likeness (QED) is 0.848. The van der Waals surface area contributed by atoms with Crippen LogP contribution in [0.3, 0.4) is 0 Å². The van der Waals surface area contributed by atoms with Crippen LogP contribution in [0.1, 0.15) is 37.9 Å². The van der Waals surface area contributed by atoms with Crippen LogP contribution in [-0.2, 0) is 4.74 Å². The molecule has 98 valence electrons. The molecule has 0 amide bonds. The monoisotopic (exact) mass is 249 g/mol. The summed E-state index contributed by atoms with van der Waals surface area (Å²) in [5.41, 5.74) is -0.0655. The lowest BCUT2D eigenvalue weighted by Crippen LogP contribution is -2.27. The minimum atomic E-state index is -0.0655. The molecule has 1 saturated heterocycles. The Morgan fingerprint density at radius 3 is 3.00 bits per heavy atom. The summed E-state index contributed by atoms with van der Waals surface area (Å²) in [6.07, 6.45) is 3.35. The summed E-state index contributed by atoms with van der Waals surface area (Å²) in [7, 11) is 0. The third-order valence-corrected chi connectivity index (χ3v) is 3.77. The fourth-order valence-electron chi connectivity index (χ4n) is 2.40. The molecule has 1 aromatic heterocycles. The molecule has 2 heterocycles. The maximum atomic E-state index is 11.6. The largest absolute Gasteiger partial charge is 0.381 e. The van der Waals surface area contributed by atoms with Gasteiger partial charge in [-0.05, 0) is 26.2 Å². The molecule has 2 unspecified atom stereocenters. The highest BCUT2D eigenvalue weighted by atomic mass is 16.5. The Bertz CT molecular complexity index is 475. The number of hydrogen-bond acceptors (Lipinski definition) is 4. The molecule has 0 aromatic carbocycles. The highest BCUT2D eigenvalue weighted by Crippen LogP contribution is 2.37. The van der Waals surface area contributed by atoms with Gasteiger partial charge in [0.1, 0.15) is 11.6 Å². The summed E-state index contributed by atoms with van der Waals surface area (Å²) in [5.74, 6) is 2.50. The molecule has 0 spiro atoms. The fraction of sp³-hybridized carbons (Fsp3) is 0.692. The van der Waals surface area contributed by atoms with E-state index in [1.807, 2.05) is 0 Å². The van der Waals surface area contributed by atoms with Crippen LogP contribution in [0, 0.1) is 5.92 Å². The lowest BCUT2D eigenvalue weighted by Gasteiger charge is -2.19. The van der Waals surface area contributed by atoms with Crippen molar-refractivity contribution >= 4 is 5.82 Å². The van der Waals surface area contributed by atoms with Gasteiger partial charge in [-0.3, -0.25) is 4.79 Å². The second kappa shape index (κ2) is 4.72. The van der Waals surface area contributed by atoms with E-state index in [2.05, 4.69) is 22.2 Å². The first kappa shape index (κ1) is 11.7. The number of aromatic amines is 1. The van der Waals surface area contributed by atoms with Crippen molar-refractivity contribution < 1.29 is 4.74 Å². The van der Waals surface area contributed by atoms with Crippen LogP contribution in [0.4, 0.5) is 5.82 Å². The van der Waals surface area contributed by atoms with Crippen LogP contribution in [0.2, 0.25) is 0 Å². The summed E-state index contributed by atoms with van der Waals surface area (Å²) < 4.78 is 5.38. The molecule has 3 rings (SSSR count). The number of aromatic nitrogens is 2. The van der Waals surface area contributed by atoms with Gasteiger partial charge in [-0.25, -0.2) is 4.98 Å². The average Bonchev–Trinajstić information content (AvgIpc) is 3.03. The number of nitrogens with zero attached hydrogens (tertiary/aromatic N) is 1. The molecule has 0 radical (unpaired) electrons. The number of rotatable bonds is 4. The second-order valence-electron chi connectivity index (χ2n) is 5.35. The summed E-state index contributed by atoms with van der Waals surface area (Å²) in [4.78, 5) is 18.9. The van der Waals surface area contributed by atoms with E-state index in [-0.39, 0.29) is 11.6 Å². The van der Waals surface area contributed by atoms with E-state index in [0.717, 1.165) is 38.3 Å². The van der Waals surface area contributed by atoms with Crippen LogP contribution in [0.25, 0.3) is 0 Å². The molecule has 1 aliphatic heterocycles. The molecule has 0 bridgehead atoms. The maximum absolute atomic E-state index is 11.6. The highest BCUT2D eigenvalue weighted by molar-refractivity contribution is 5.35. The van der Waals surface area contributed by atoms with E-state index in [1.165, 1.54) is 6.07 Å². The van der Waals surface area contributed by atoms with Gasteiger partial charge in [-0.15, -0.1) is 0 Å². The summed E-state index contributed by atoms with van der Waals surface area (Å²) >= 11 is 0. The Morgan fingerprint density at radius 2 is 2.33 bits per heavy atom. The molecular weight excluding hydrogens is 230 g/mol. The standard InChI is InChI=1S/C13H19N3O2/c1-8(10-4-5-18-7-10)14-11-6-12(17)16-13(15-11)9-2-3-9/h6,8-10H,2-5,7H2,1H3,(H2,14,15,16,17). The van der Waals surface area contributed by atoms with Gasteiger partial charge >= 0.3 is 0 Å². The van der Waals surface area contributed by atoms with Crippen LogP contribution >= 0.6 is 0 Å². The van der Waals surface area contributed by atoms with E-state index in [0.29, 0.717) is 17.7 Å². The van der Waals surface area contributed by atoms with E-state index >= 15 is 0 Å². The van der Waals surface area contributed by atoms with Gasteiger partial charge in [0.25, 0.3) is 5.56 Å². The van der Waals surface area contributed by atoms with Crippen LogP contribution in [0.5, 0.6) is 0 Å². The fourth-order valence-corrected chi connectivity index (χ4v) is 2.40. The van der Waals surface area contributed by atoms with Gasteiger partial charge < -0.3 is 15.0 Å². The first-order valence-corrected chi connectivity index (χ1v) is 6.68. The number of hydrogen-bond donors (Lipinski definition) is 2. The molecule has 5 nitrogen and oxygen atoms in total. The zero-order valence-electron chi connectivity index (χ0n) is 10.6. The lowest BCUT2D eigenvalue weighted by atomic mass is 10.0. The molecule has 1 saturated carbocycles. The predicted molar refractivity (Wildman–Crippen MR) is 68.8 cm³/mol. The summed E-state index contributed by atoms with van der Waals surface area (Å²) in [5, 5.41) is 3.34. The first-order valence-electron chi connectivity index (χ1n) is 6.68. The number of ether oxygens (including phenoxy) is 1. The van der Waals surface area contributed by atoms with Crippen LogP contribution < -0.4 is 10.9 Å². The molecule has 2 atom stereocenters. The van der Waals surface area contributed by atoms with Crippen molar-refractivity contribution in [3.63, 3.8) is 0 Å². The van der Waals surface area contributed by atoms with E-state index in [1.54, 1.807) is 0 Å². The molecular formula is C13H19N3O2. The lowest BCUT2D eigenvalue weighted by molar-refractivity contribution is 0.183. The zero-order valence-corrected chi connectivity index (χ0v) is 10.6. The van der Waals surface area contributed by atoms with Crippen molar-refractivity contribution in [2.45, 2.75) is 38.1 Å². The van der Waals surface area contributed by atoms with Crippen LogP contribution in [-0.4, -0.2) is 29.2 Å². The summed E-state index contributed by atoms with van der Waals surface area (Å²) in [6.45, 7) is 3.76. The first-order chi connectivity index (χ1) is 8.72. The molecule has 2 aliphatic rings. The topological polar surface area (TPSA) is 67.0 Å². The molecule has 2 fully saturated rings. The zero-order chi connectivity index (χ0) is 12.5. The minimum Gasteiger partial charge on any atom is -0.381 e. The van der Waals surface area contributed by atoms with Gasteiger partial charge in [-0.1, -0.05) is 0 Å². The normalized spacial score (nSPS) is 25.1. The second-order valence-corrected chi connectivity index (χ2v) is 5.35. The van der Waals surface area contributed by atoms with E-state index in [4.69, 9.17) is 4.74 Å². The highest BCUT2D eigenvalue weighted by Gasteiger charge is 2.27. The average molecular weight is 249 g/mol. The summed E-state index contributed by atoms with van der Waals surface area (Å²) in [6, 6.07) is 1.83. The van der Waals surface area contributed by atoms with E-state index in [9.17, 15) is 4.79 Å². The van der Waals surface area contributed by atoms with Crippen molar-refractivity contribution in [2.75, 3.05) is 18.5 Å². The van der Waals surface area contributed by atoms with E-state index < -0.39 is 0 Å². The smallest absolute Gasteiger partial charge is 0.252 e. The van der Waals surface area contributed by atoms with Gasteiger partial charge in [0.15, 0.2) is 0 Å². The third-order valence-electron chi connectivity index (χ3n) is 3.77. The van der Waals surface area contributed by atoms with Gasteiger partial charge in [-0.2, -0.15) is 0 Å². The third kappa shape index (κ3) is 2.56. The number of anilines is 1. The van der Waals surface area contributed by atoms with Crippen molar-refractivity contribution in [2.24, 2.45) is 5.92 Å². The molecule has 2 N–H and O–H groups in total. The van der Waals surface area contributed by atoms with Crippen molar-refractivity contribution in [1.82, 2.24) is 9.97 Å². The van der Waals surface area contributed by atoms with Crippen molar-refractivity contribution in [3.8, 4) is 0 Å². The molecule has 1 aliphatic carbocycles. The predicted octanol–water partition coefficient (Wildman–Crippen LogP) is 1.48. The Kier molecular flexibility index (Phi) is 3.07. The number of nitrogens with one attached hydrogen (secondary N) is 2. The van der Waals surface area contributed by atoms with Crippen LogP contribution in [0.15, 0.2) is 10.9 Å². The van der Waals surface area contributed by atoms with Crippen molar-refractivity contribution in [1.29, 1.82) is 0 Å². The van der Waals surface area contributed by atoms with Gasteiger partial charge in [0, 0.05) is 30.6 Å². The molecule has 18 heavy (non-hydrogen) atoms. The Morgan fingerprint density at radius 1 is 1.50 bits per heavy atom. The van der Waals surface area contributed by atoms with Gasteiger partial charge in [0.2, 0.25) is 0 Å². The Labute approximate surface area is 106 Å². The molecule has 1 aromatic rings. The maximum Gasteiger partial charge on any atom is 0.252 e. The Balaban J connectivity index is 1.72. The van der Waals surface area contributed by atoms with Gasteiger partial charge in [0.05, 0.1) is 6.61 Å². The number of H-pyrrole nitrogens is 1.